The van der Waals surface area contributed by atoms with Crippen LogP contribution in [0.2, 0.25) is 0 Å². The summed E-state index contributed by atoms with van der Waals surface area (Å²) < 4.78 is 11.7. The van der Waals surface area contributed by atoms with E-state index < -0.39 is 18.5 Å². The number of amides is 1. The summed E-state index contributed by atoms with van der Waals surface area (Å²) in [4.78, 5) is 30.0. The molecule has 1 heterocycles. The molecule has 1 amide bonds. The Morgan fingerprint density at radius 2 is 1.76 bits per heavy atom. The summed E-state index contributed by atoms with van der Waals surface area (Å²) in [6.07, 6.45) is 0. The molecule has 3 aromatic carbocycles. The standard InChI is InChI=1S/C26H21IN2O4/c1-16-13-18(27)9-12-22(16)29-25(30)15-33-26(31)21-14-24(17-7-10-19(32-2)11-8-17)28-23-6-4-3-5-20(21)23/h3-14H,15H2,1-2H3,(H,29,30). The van der Waals surface area contributed by atoms with Gasteiger partial charge < -0.3 is 14.8 Å². The molecule has 0 radical (unpaired) electrons. The van der Waals surface area contributed by atoms with E-state index in [0.29, 0.717) is 27.8 Å². The number of carbonyl (C=O) groups is 2. The van der Waals surface area contributed by atoms with Gasteiger partial charge in [0.15, 0.2) is 6.61 Å². The molecule has 0 atom stereocenters. The van der Waals surface area contributed by atoms with Crippen LogP contribution >= 0.6 is 22.6 Å². The molecule has 0 bridgehead atoms. The number of hydrogen-bond acceptors (Lipinski definition) is 5. The lowest BCUT2D eigenvalue weighted by atomic mass is 10.0. The van der Waals surface area contributed by atoms with Crippen LogP contribution < -0.4 is 10.1 Å². The summed E-state index contributed by atoms with van der Waals surface area (Å²) in [6.45, 7) is 1.52. The first-order chi connectivity index (χ1) is 15.9. The van der Waals surface area contributed by atoms with Crippen LogP contribution in [0.5, 0.6) is 5.75 Å². The summed E-state index contributed by atoms with van der Waals surface area (Å²) in [6, 6.07) is 22.1. The zero-order chi connectivity index (χ0) is 23.4. The largest absolute Gasteiger partial charge is 0.497 e. The van der Waals surface area contributed by atoms with Gasteiger partial charge in [-0.1, -0.05) is 18.2 Å². The van der Waals surface area contributed by atoms with Crippen LogP contribution in [0, 0.1) is 10.5 Å². The molecule has 4 rings (SSSR count). The number of aromatic nitrogens is 1. The van der Waals surface area contributed by atoms with Crippen LogP contribution in [-0.2, 0) is 9.53 Å². The molecule has 0 fully saturated rings. The van der Waals surface area contributed by atoms with Crippen molar-refractivity contribution in [1.82, 2.24) is 4.98 Å². The highest BCUT2D eigenvalue weighted by Gasteiger charge is 2.17. The van der Waals surface area contributed by atoms with Crippen molar-refractivity contribution < 1.29 is 19.1 Å². The van der Waals surface area contributed by atoms with Gasteiger partial charge in [-0.2, -0.15) is 0 Å². The van der Waals surface area contributed by atoms with Gasteiger partial charge in [-0.15, -0.1) is 0 Å². The minimum atomic E-state index is -0.585. The van der Waals surface area contributed by atoms with Crippen molar-refractivity contribution in [1.29, 1.82) is 0 Å². The number of para-hydroxylation sites is 1. The monoisotopic (exact) mass is 552 g/mol. The van der Waals surface area contributed by atoms with E-state index in [-0.39, 0.29) is 0 Å². The Balaban J connectivity index is 1.56. The van der Waals surface area contributed by atoms with Crippen LogP contribution in [0.1, 0.15) is 15.9 Å². The summed E-state index contributed by atoms with van der Waals surface area (Å²) >= 11 is 2.21. The maximum atomic E-state index is 13.0. The number of rotatable bonds is 6. The van der Waals surface area contributed by atoms with Gasteiger partial charge in [-0.25, -0.2) is 9.78 Å². The fourth-order valence-corrected chi connectivity index (χ4v) is 4.06. The number of carbonyl (C=O) groups excluding carboxylic acids is 2. The van der Waals surface area contributed by atoms with Crippen LogP contribution in [0.4, 0.5) is 5.69 Å². The highest BCUT2D eigenvalue weighted by atomic mass is 127. The van der Waals surface area contributed by atoms with E-state index in [9.17, 15) is 9.59 Å². The van der Waals surface area contributed by atoms with Crippen molar-refractivity contribution in [3.8, 4) is 17.0 Å². The Morgan fingerprint density at radius 1 is 1.00 bits per heavy atom. The average Bonchev–Trinajstić information content (AvgIpc) is 2.83. The number of benzene rings is 3. The molecule has 166 valence electrons. The Labute approximate surface area is 205 Å². The van der Waals surface area contributed by atoms with Crippen LogP contribution in [0.3, 0.4) is 0 Å². The number of nitrogens with one attached hydrogen (secondary N) is 1. The number of methoxy groups -OCH3 is 1. The highest BCUT2D eigenvalue weighted by molar-refractivity contribution is 14.1. The zero-order valence-electron chi connectivity index (χ0n) is 18.1. The second-order valence-corrected chi connectivity index (χ2v) is 8.63. The third kappa shape index (κ3) is 5.31. The minimum absolute atomic E-state index is 0.352. The zero-order valence-corrected chi connectivity index (χ0v) is 20.3. The topological polar surface area (TPSA) is 77.5 Å². The quantitative estimate of drug-likeness (QED) is 0.248. The average molecular weight is 552 g/mol. The van der Waals surface area contributed by atoms with Gasteiger partial charge in [0.25, 0.3) is 5.91 Å². The summed E-state index contributed by atoms with van der Waals surface area (Å²) in [7, 11) is 1.60. The van der Waals surface area contributed by atoms with E-state index in [1.54, 1.807) is 13.2 Å². The van der Waals surface area contributed by atoms with E-state index in [4.69, 9.17) is 9.47 Å². The van der Waals surface area contributed by atoms with E-state index in [1.165, 1.54) is 0 Å². The Kier molecular flexibility index (Phi) is 6.88. The van der Waals surface area contributed by atoms with Crippen molar-refractivity contribution in [2.75, 3.05) is 19.0 Å². The number of fused-ring (bicyclic) bond motifs is 1. The van der Waals surface area contributed by atoms with Crippen LogP contribution in [0.15, 0.2) is 72.8 Å². The molecule has 0 aliphatic heterocycles. The van der Waals surface area contributed by atoms with E-state index in [2.05, 4.69) is 32.9 Å². The first-order valence-corrected chi connectivity index (χ1v) is 11.3. The maximum Gasteiger partial charge on any atom is 0.339 e. The second kappa shape index (κ2) is 9.99. The van der Waals surface area contributed by atoms with Gasteiger partial charge in [0.2, 0.25) is 0 Å². The van der Waals surface area contributed by atoms with Gasteiger partial charge in [0.1, 0.15) is 5.75 Å². The van der Waals surface area contributed by atoms with Crippen molar-refractivity contribution >= 4 is 51.1 Å². The molecule has 0 aliphatic carbocycles. The molecule has 6 nitrogen and oxygen atoms in total. The third-order valence-electron chi connectivity index (χ3n) is 5.12. The molecule has 0 spiro atoms. The number of nitrogens with zero attached hydrogens (tertiary/aromatic N) is 1. The number of esters is 1. The molecule has 7 heteroatoms. The first kappa shape index (κ1) is 22.7. The molecule has 0 saturated carbocycles. The summed E-state index contributed by atoms with van der Waals surface area (Å²) in [5.41, 5.74) is 4.10. The Bertz CT molecular complexity index is 1340. The maximum absolute atomic E-state index is 13.0. The SMILES string of the molecule is COc1ccc(-c2cc(C(=O)OCC(=O)Nc3ccc(I)cc3C)c3ccccc3n2)cc1. The lowest BCUT2D eigenvalue weighted by molar-refractivity contribution is -0.119. The van der Waals surface area contributed by atoms with Crippen molar-refractivity contribution in [2.24, 2.45) is 0 Å². The number of hydrogen-bond donors (Lipinski definition) is 1. The number of halogens is 1. The fraction of sp³-hybridized carbons (Fsp3) is 0.115. The normalized spacial score (nSPS) is 10.6. The Hall–Kier alpha value is -3.46. The van der Waals surface area contributed by atoms with Gasteiger partial charge in [-0.05, 0) is 89.7 Å². The van der Waals surface area contributed by atoms with Gasteiger partial charge in [0, 0.05) is 20.2 Å². The van der Waals surface area contributed by atoms with E-state index in [1.807, 2.05) is 73.7 Å². The molecular formula is C26H21IN2O4. The number of pyridine rings is 1. The summed E-state index contributed by atoms with van der Waals surface area (Å²) in [5, 5.41) is 3.45. The molecule has 1 aromatic heterocycles. The van der Waals surface area contributed by atoms with Crippen molar-refractivity contribution in [2.45, 2.75) is 6.92 Å². The second-order valence-electron chi connectivity index (χ2n) is 7.38. The third-order valence-corrected chi connectivity index (χ3v) is 5.79. The predicted molar refractivity (Wildman–Crippen MR) is 137 cm³/mol. The Morgan fingerprint density at radius 3 is 2.48 bits per heavy atom. The lowest BCUT2D eigenvalue weighted by Crippen LogP contribution is -2.21. The number of anilines is 1. The lowest BCUT2D eigenvalue weighted by Gasteiger charge is -2.11. The summed E-state index contributed by atoms with van der Waals surface area (Å²) in [5.74, 6) is -0.257. The van der Waals surface area contributed by atoms with Crippen LogP contribution in [0.25, 0.3) is 22.2 Å². The van der Waals surface area contributed by atoms with Crippen LogP contribution in [-0.4, -0.2) is 30.6 Å². The highest BCUT2D eigenvalue weighted by Crippen LogP contribution is 2.27. The van der Waals surface area contributed by atoms with E-state index >= 15 is 0 Å². The molecule has 0 aliphatic rings. The molecule has 4 aromatic rings. The number of ether oxygens (including phenoxy) is 2. The predicted octanol–water partition coefficient (Wildman–Crippen LogP) is 5.62. The molecule has 0 saturated heterocycles. The van der Waals surface area contributed by atoms with Crippen molar-refractivity contribution in [3.05, 3.63) is 87.5 Å². The smallest absolute Gasteiger partial charge is 0.339 e. The molecule has 0 unspecified atom stereocenters. The van der Waals surface area contributed by atoms with Crippen molar-refractivity contribution in [3.63, 3.8) is 0 Å². The molecular weight excluding hydrogens is 531 g/mol. The van der Waals surface area contributed by atoms with Gasteiger partial charge in [-0.3, -0.25) is 4.79 Å². The number of aryl methyl sites for hydroxylation is 1. The first-order valence-electron chi connectivity index (χ1n) is 10.2. The van der Waals surface area contributed by atoms with Gasteiger partial charge >= 0.3 is 5.97 Å². The fourth-order valence-electron chi connectivity index (χ4n) is 3.42. The molecule has 33 heavy (non-hydrogen) atoms. The molecule has 1 N–H and O–H groups in total. The van der Waals surface area contributed by atoms with Gasteiger partial charge in [0.05, 0.1) is 23.9 Å². The van der Waals surface area contributed by atoms with E-state index in [0.717, 1.165) is 20.4 Å². The minimum Gasteiger partial charge on any atom is -0.497 e.